The average molecular weight is 1400 g/mol. The molecule has 32 nitrogen and oxygen atoms in total. The molecule has 11 aliphatic rings. The summed E-state index contributed by atoms with van der Waals surface area (Å²) in [5.41, 5.74) is -2.30. The standard InChI is InChI=1S/C65H106O32/c1-25-36(71)51(95-55-48(83)44(79)50(31(21-68)91-55)94-54-46(81)42(77)39(74)30(20-67)90-54)49(84)57(88-25)96-52-37(72)28(70)22-86-58(52)93-35-11-12-61(4)33(62(35,5)24-69)10-13-64(7)34(61)9-8-26-27-18-60(2,3)14-16-65(27,17-15-63(26,64)6)59(85)97-56-47(82)43(78)40(75)32(92-56)23-87-53-45(80)41(76)38(73)29(19-66)89-53/h8,25,27-58,66-84H,9-24H2,1-7H3/t25-,27+,28+,29+,30+,31+,32+,33+,34+,35-,36-,37-,38+,39+,40+,41-,42-,43-,44+,45+,46+,47+,48+,49+,50+,51+,52+,53+,54-,55-,56-,57-,58-,61-,62-,63+,64+,65-/m0/s1. The van der Waals surface area contributed by atoms with Crippen LogP contribution in [-0.2, 0) is 61.6 Å². The number of aliphatic hydroxyl groups excluding tert-OH is 19. The molecule has 5 aliphatic carbocycles. The van der Waals surface area contributed by atoms with Crippen LogP contribution in [0.4, 0.5) is 0 Å². The molecule has 6 saturated heterocycles. The van der Waals surface area contributed by atoms with E-state index < -0.39 is 245 Å². The lowest BCUT2D eigenvalue weighted by Gasteiger charge is -2.71. The molecule has 0 radical (unpaired) electrons. The zero-order valence-corrected chi connectivity index (χ0v) is 55.7. The van der Waals surface area contributed by atoms with E-state index in [-0.39, 0.29) is 35.2 Å². The van der Waals surface area contributed by atoms with Gasteiger partial charge in [0.25, 0.3) is 0 Å². The minimum absolute atomic E-state index is 0.0526. The van der Waals surface area contributed by atoms with E-state index in [1.165, 1.54) is 6.92 Å². The summed E-state index contributed by atoms with van der Waals surface area (Å²) in [4.78, 5) is 15.2. The van der Waals surface area contributed by atoms with Gasteiger partial charge in [-0.15, -0.1) is 0 Å². The predicted octanol–water partition coefficient (Wildman–Crippen LogP) is -5.75. The van der Waals surface area contributed by atoms with Gasteiger partial charge >= 0.3 is 5.97 Å². The highest BCUT2D eigenvalue weighted by Gasteiger charge is 2.71. The fourth-order valence-corrected chi connectivity index (χ4v) is 19.0. The molecule has 19 N–H and O–H groups in total. The number of hydrogen-bond donors (Lipinski definition) is 19. The van der Waals surface area contributed by atoms with Gasteiger partial charge in [0.2, 0.25) is 6.29 Å². The number of rotatable bonds is 17. The molecule has 0 amide bonds. The SMILES string of the molecule is C[C@@H]1O[C@@H](O[C@H]2[C@H](O[C@H]3CC[C@@]4(C)[C@@H](CC[C@]5(C)[C@@H]4CC=C4[C@H]6CC(C)(C)CC[C@]6(C(=O)O[C@@H]6O[C@H](CO[C@@H]7O[C@H](CO)[C@@H](O)[C@H](O)[C@H]7O)[C@@H](O)[C@H](O)[C@H]6O)CC[C@]45C)[C@]3(C)CO)OC[C@@H](O)[C@@H]2O)[C@H](O)[C@H](O[C@@H]2O[C@H](CO)[C@@H](O[C@@H]3O[C@H](CO)[C@@H](O)[C@H](O)[C@H]3O)[C@H](O)[C@H]2O)[C@H]1O. The molecule has 0 aromatic rings. The Morgan fingerprint density at radius 1 is 0.495 bits per heavy atom. The third-order valence-corrected chi connectivity index (χ3v) is 25.3. The lowest BCUT2D eigenvalue weighted by atomic mass is 9.33. The fraction of sp³-hybridized carbons (Fsp3) is 0.954. The number of allylic oxidation sites excluding steroid dienone is 2. The van der Waals surface area contributed by atoms with E-state index in [0.717, 1.165) is 12.0 Å². The summed E-state index contributed by atoms with van der Waals surface area (Å²) < 4.78 is 71.2. The quantitative estimate of drug-likeness (QED) is 0.0366. The van der Waals surface area contributed by atoms with Gasteiger partial charge in [0.1, 0.15) is 134 Å². The Kier molecular flexibility index (Phi) is 22.6. The van der Waals surface area contributed by atoms with Crippen LogP contribution in [0.3, 0.4) is 0 Å². The summed E-state index contributed by atoms with van der Waals surface area (Å²) in [5.74, 6) is -1.05. The van der Waals surface area contributed by atoms with E-state index in [1.54, 1.807) is 0 Å². The number of esters is 1. The van der Waals surface area contributed by atoms with E-state index in [1.807, 2.05) is 6.92 Å². The molecule has 38 atom stereocenters. The van der Waals surface area contributed by atoms with Crippen LogP contribution in [0.1, 0.15) is 113 Å². The van der Waals surface area contributed by atoms with Crippen LogP contribution in [0, 0.1) is 50.2 Å². The summed E-state index contributed by atoms with van der Waals surface area (Å²) in [7, 11) is 0. The van der Waals surface area contributed by atoms with Crippen molar-refractivity contribution in [3.05, 3.63) is 11.6 Å². The van der Waals surface area contributed by atoms with Crippen molar-refractivity contribution >= 4 is 5.97 Å². The van der Waals surface area contributed by atoms with Gasteiger partial charge in [-0.25, -0.2) is 0 Å². The molecule has 4 saturated carbocycles. The molecule has 0 unspecified atom stereocenters. The molecule has 558 valence electrons. The van der Waals surface area contributed by atoms with Gasteiger partial charge < -0.3 is 154 Å². The second-order valence-corrected chi connectivity index (χ2v) is 31.3. The van der Waals surface area contributed by atoms with Gasteiger partial charge in [0.05, 0.1) is 57.3 Å². The van der Waals surface area contributed by atoms with Gasteiger partial charge in [-0.05, 0) is 111 Å². The van der Waals surface area contributed by atoms with Crippen molar-refractivity contribution in [2.24, 2.45) is 50.2 Å². The van der Waals surface area contributed by atoms with Crippen LogP contribution in [-0.4, -0.2) is 327 Å². The highest BCUT2D eigenvalue weighted by atomic mass is 16.8. The van der Waals surface area contributed by atoms with Crippen molar-refractivity contribution in [2.75, 3.05) is 39.6 Å². The third-order valence-electron chi connectivity index (χ3n) is 25.3. The Balaban J connectivity index is 0.772. The normalized spacial score (nSPS) is 54.7. The fourth-order valence-electron chi connectivity index (χ4n) is 19.0. The van der Waals surface area contributed by atoms with Gasteiger partial charge in [-0.1, -0.05) is 53.2 Å². The molecule has 32 heteroatoms. The van der Waals surface area contributed by atoms with Crippen LogP contribution < -0.4 is 0 Å². The van der Waals surface area contributed by atoms with Gasteiger partial charge in [-0.3, -0.25) is 4.79 Å². The molecule has 6 aliphatic heterocycles. The van der Waals surface area contributed by atoms with Gasteiger partial charge in [-0.2, -0.15) is 0 Å². The summed E-state index contributed by atoms with van der Waals surface area (Å²) in [6.07, 6.45) is -42.2. The number of carbonyl (C=O) groups excluding carboxylic acids is 1. The zero-order chi connectivity index (χ0) is 70.7. The highest BCUT2D eigenvalue weighted by molar-refractivity contribution is 5.79. The first-order chi connectivity index (χ1) is 45.6. The second-order valence-electron chi connectivity index (χ2n) is 31.3. The summed E-state index contributed by atoms with van der Waals surface area (Å²) in [5, 5.41) is 206. The first kappa shape index (κ1) is 76.1. The van der Waals surface area contributed by atoms with Crippen LogP contribution in [0.2, 0.25) is 0 Å². The minimum atomic E-state index is -2.06. The molecular weight excluding hydrogens is 1290 g/mol. The van der Waals surface area contributed by atoms with Crippen molar-refractivity contribution in [3.8, 4) is 0 Å². The van der Waals surface area contributed by atoms with Crippen LogP contribution in [0.15, 0.2) is 11.6 Å². The number of carbonyl (C=O) groups is 1. The maximum Gasteiger partial charge on any atom is 0.315 e. The number of hydrogen-bond acceptors (Lipinski definition) is 32. The van der Waals surface area contributed by atoms with Gasteiger partial charge in [0.15, 0.2) is 31.5 Å². The second kappa shape index (κ2) is 28.8. The number of aliphatic hydroxyl groups is 19. The summed E-state index contributed by atoms with van der Waals surface area (Å²) in [6.45, 7) is 10.9. The van der Waals surface area contributed by atoms with Crippen molar-refractivity contribution in [1.82, 2.24) is 0 Å². The average Bonchev–Trinajstić information content (AvgIpc) is 0.675. The molecule has 0 aromatic carbocycles. The Morgan fingerprint density at radius 3 is 1.66 bits per heavy atom. The lowest BCUT2D eigenvalue weighted by Crippen LogP contribution is -2.67. The molecule has 10 fully saturated rings. The minimum Gasteiger partial charge on any atom is -0.432 e. The van der Waals surface area contributed by atoms with Crippen molar-refractivity contribution in [3.63, 3.8) is 0 Å². The van der Waals surface area contributed by atoms with Crippen LogP contribution in [0.5, 0.6) is 0 Å². The molecular formula is C65H106O32. The Morgan fingerprint density at radius 2 is 1.03 bits per heavy atom. The number of ether oxygens (including phenoxy) is 12. The first-order valence-corrected chi connectivity index (χ1v) is 34.3. The van der Waals surface area contributed by atoms with E-state index in [4.69, 9.17) is 56.8 Å². The van der Waals surface area contributed by atoms with E-state index in [9.17, 15) is 97.0 Å². The predicted molar refractivity (Wildman–Crippen MR) is 322 cm³/mol. The van der Waals surface area contributed by atoms with Crippen molar-refractivity contribution < 1.29 is 159 Å². The van der Waals surface area contributed by atoms with Crippen molar-refractivity contribution in [2.45, 2.75) is 297 Å². The Hall–Kier alpha value is -1.99. The monoisotopic (exact) mass is 1400 g/mol. The van der Waals surface area contributed by atoms with Crippen LogP contribution in [0.25, 0.3) is 0 Å². The Labute approximate surface area is 561 Å². The highest BCUT2D eigenvalue weighted by Crippen LogP contribution is 2.76. The zero-order valence-electron chi connectivity index (χ0n) is 55.7. The van der Waals surface area contributed by atoms with E-state index in [0.29, 0.717) is 57.8 Å². The maximum atomic E-state index is 15.2. The van der Waals surface area contributed by atoms with Gasteiger partial charge in [0, 0.05) is 5.41 Å². The number of fused-ring (bicyclic) bond motifs is 7. The summed E-state index contributed by atoms with van der Waals surface area (Å²) in [6, 6.07) is 0. The molecule has 0 aromatic heterocycles. The molecule has 0 bridgehead atoms. The molecule has 6 heterocycles. The van der Waals surface area contributed by atoms with Crippen molar-refractivity contribution in [1.29, 1.82) is 0 Å². The smallest absolute Gasteiger partial charge is 0.315 e. The summed E-state index contributed by atoms with van der Waals surface area (Å²) >= 11 is 0. The topological polar surface area (TPSA) is 512 Å². The largest absolute Gasteiger partial charge is 0.432 e. The third kappa shape index (κ3) is 13.2. The van der Waals surface area contributed by atoms with Crippen LogP contribution >= 0.6 is 0 Å². The molecule has 0 spiro atoms. The molecule has 11 rings (SSSR count). The Bertz CT molecular complexity index is 2710. The van der Waals surface area contributed by atoms with E-state index >= 15 is 4.79 Å². The van der Waals surface area contributed by atoms with E-state index in [2.05, 4.69) is 40.7 Å². The maximum absolute atomic E-state index is 15.2. The lowest BCUT2D eigenvalue weighted by molar-refractivity contribution is -0.390. The first-order valence-electron chi connectivity index (χ1n) is 34.3. The molecule has 97 heavy (non-hydrogen) atoms.